The first kappa shape index (κ1) is 20.0. The number of Topliss-reactive ketones (excluding diaryl/α,β-unsaturated/α-hetero) is 1. The Labute approximate surface area is 178 Å². The summed E-state index contributed by atoms with van der Waals surface area (Å²) in [5, 5.41) is 13.1. The SMILES string of the molecule is CCOc1ccccc1/C(O)=C1\C(=O)C(=O)N(Cc2cccs2)C1c1ccc(C)o1. The number of amides is 1. The molecule has 0 aliphatic carbocycles. The van der Waals surface area contributed by atoms with Gasteiger partial charge in [0.25, 0.3) is 11.7 Å². The van der Waals surface area contributed by atoms with E-state index in [9.17, 15) is 14.7 Å². The van der Waals surface area contributed by atoms with Gasteiger partial charge in [0.15, 0.2) is 0 Å². The summed E-state index contributed by atoms with van der Waals surface area (Å²) in [7, 11) is 0. The van der Waals surface area contributed by atoms with Crippen LogP contribution in [0, 0.1) is 6.92 Å². The second-order valence-corrected chi connectivity index (χ2v) is 7.92. The van der Waals surface area contributed by atoms with Crippen LogP contribution in [0.3, 0.4) is 0 Å². The van der Waals surface area contributed by atoms with Crippen LogP contribution >= 0.6 is 11.3 Å². The Morgan fingerprint density at radius 3 is 2.63 bits per heavy atom. The van der Waals surface area contributed by atoms with E-state index in [1.165, 1.54) is 16.2 Å². The predicted octanol–water partition coefficient (Wildman–Crippen LogP) is 4.67. The number of hydrogen-bond donors (Lipinski definition) is 1. The van der Waals surface area contributed by atoms with Gasteiger partial charge in [0.2, 0.25) is 0 Å². The molecule has 1 amide bonds. The molecule has 0 bridgehead atoms. The Kier molecular flexibility index (Phi) is 5.46. The fraction of sp³-hybridized carbons (Fsp3) is 0.217. The Morgan fingerprint density at radius 1 is 1.17 bits per heavy atom. The standard InChI is InChI=1S/C23H21NO5S/c1-3-28-17-9-5-4-8-16(17)21(25)19-20(18-11-10-14(2)29-18)24(23(27)22(19)26)13-15-7-6-12-30-15/h4-12,20,25H,3,13H2,1-2H3/b21-19+. The highest BCUT2D eigenvalue weighted by Crippen LogP contribution is 2.42. The smallest absolute Gasteiger partial charge is 0.296 e. The van der Waals surface area contributed by atoms with Crippen LogP contribution < -0.4 is 4.74 Å². The van der Waals surface area contributed by atoms with Crippen molar-refractivity contribution in [3.05, 3.63) is 81.4 Å². The number of furan rings is 1. The molecule has 1 saturated heterocycles. The third kappa shape index (κ3) is 3.52. The number of carbonyl (C=O) groups is 2. The van der Waals surface area contributed by atoms with E-state index in [0.29, 0.717) is 29.4 Å². The highest BCUT2D eigenvalue weighted by molar-refractivity contribution is 7.09. The maximum Gasteiger partial charge on any atom is 0.296 e. The van der Waals surface area contributed by atoms with Gasteiger partial charge in [-0.1, -0.05) is 18.2 Å². The molecule has 154 valence electrons. The number of nitrogens with zero attached hydrogens (tertiary/aromatic N) is 1. The van der Waals surface area contributed by atoms with Crippen LogP contribution in [-0.4, -0.2) is 28.3 Å². The lowest BCUT2D eigenvalue weighted by molar-refractivity contribution is -0.140. The van der Waals surface area contributed by atoms with Crippen LogP contribution in [0.2, 0.25) is 0 Å². The van der Waals surface area contributed by atoms with E-state index in [0.717, 1.165) is 4.88 Å². The number of likely N-dealkylation sites (tertiary alicyclic amines) is 1. The van der Waals surface area contributed by atoms with E-state index in [1.807, 2.05) is 24.4 Å². The van der Waals surface area contributed by atoms with Crippen LogP contribution in [0.15, 0.2) is 63.9 Å². The van der Waals surface area contributed by atoms with Crippen LogP contribution in [0.4, 0.5) is 0 Å². The molecule has 1 aliphatic heterocycles. The van der Waals surface area contributed by atoms with Gasteiger partial charge in [-0.2, -0.15) is 0 Å². The van der Waals surface area contributed by atoms with Gasteiger partial charge in [0.1, 0.15) is 29.1 Å². The van der Waals surface area contributed by atoms with Crippen molar-refractivity contribution in [2.75, 3.05) is 6.61 Å². The lowest BCUT2D eigenvalue weighted by atomic mass is 9.99. The minimum Gasteiger partial charge on any atom is -0.507 e. The number of carbonyl (C=O) groups excluding carboxylic acids is 2. The summed E-state index contributed by atoms with van der Waals surface area (Å²) in [5.74, 6) is -0.158. The van der Waals surface area contributed by atoms with Crippen LogP contribution in [0.25, 0.3) is 5.76 Å². The van der Waals surface area contributed by atoms with Crippen molar-refractivity contribution in [3.63, 3.8) is 0 Å². The third-order valence-corrected chi connectivity index (χ3v) is 5.78. The highest BCUT2D eigenvalue weighted by atomic mass is 32.1. The van der Waals surface area contributed by atoms with Crippen molar-refractivity contribution >= 4 is 28.8 Å². The lowest BCUT2D eigenvalue weighted by Gasteiger charge is -2.23. The summed E-state index contributed by atoms with van der Waals surface area (Å²) < 4.78 is 11.4. The zero-order chi connectivity index (χ0) is 21.3. The van der Waals surface area contributed by atoms with Gasteiger partial charge in [0.05, 0.1) is 24.3 Å². The Hall–Kier alpha value is -3.32. The summed E-state index contributed by atoms with van der Waals surface area (Å²) in [6.07, 6.45) is 0. The highest BCUT2D eigenvalue weighted by Gasteiger charge is 2.47. The van der Waals surface area contributed by atoms with Crippen LogP contribution in [0.1, 0.15) is 34.9 Å². The molecule has 1 atom stereocenters. The first-order chi connectivity index (χ1) is 14.5. The Balaban J connectivity index is 1.87. The fourth-order valence-electron chi connectivity index (χ4n) is 3.60. The Morgan fingerprint density at radius 2 is 1.97 bits per heavy atom. The zero-order valence-electron chi connectivity index (χ0n) is 16.6. The second-order valence-electron chi connectivity index (χ2n) is 6.88. The second kappa shape index (κ2) is 8.20. The van der Waals surface area contributed by atoms with Gasteiger partial charge in [-0.3, -0.25) is 9.59 Å². The summed E-state index contributed by atoms with van der Waals surface area (Å²) >= 11 is 1.50. The molecule has 2 aromatic heterocycles. The van der Waals surface area contributed by atoms with Gasteiger partial charge in [-0.05, 0) is 49.6 Å². The van der Waals surface area contributed by atoms with Gasteiger partial charge >= 0.3 is 0 Å². The molecular formula is C23H21NO5S. The third-order valence-electron chi connectivity index (χ3n) is 4.92. The Bertz CT molecular complexity index is 1110. The molecule has 1 aromatic carbocycles. The number of aryl methyl sites for hydroxylation is 1. The maximum absolute atomic E-state index is 13.0. The van der Waals surface area contributed by atoms with Crippen molar-refractivity contribution < 1.29 is 23.8 Å². The molecule has 3 aromatic rings. The quantitative estimate of drug-likeness (QED) is 0.354. The van der Waals surface area contributed by atoms with Gasteiger partial charge < -0.3 is 19.2 Å². The molecule has 0 radical (unpaired) electrons. The van der Waals surface area contributed by atoms with E-state index in [4.69, 9.17) is 9.15 Å². The summed E-state index contributed by atoms with van der Waals surface area (Å²) in [4.78, 5) is 28.3. The maximum atomic E-state index is 13.0. The van der Waals surface area contributed by atoms with Crippen LogP contribution in [0.5, 0.6) is 5.75 Å². The van der Waals surface area contributed by atoms with E-state index in [2.05, 4.69) is 0 Å². The molecule has 0 spiro atoms. The number of thiophene rings is 1. The molecular weight excluding hydrogens is 402 g/mol. The minimum atomic E-state index is -0.824. The normalized spacial score (nSPS) is 18.2. The van der Waals surface area contributed by atoms with Crippen molar-refractivity contribution in [3.8, 4) is 5.75 Å². The number of hydrogen-bond acceptors (Lipinski definition) is 6. The summed E-state index contributed by atoms with van der Waals surface area (Å²) in [6.45, 7) is 4.27. The minimum absolute atomic E-state index is 0.00180. The average Bonchev–Trinajstić information content (AvgIpc) is 3.46. The first-order valence-corrected chi connectivity index (χ1v) is 10.5. The average molecular weight is 423 g/mol. The van der Waals surface area contributed by atoms with E-state index < -0.39 is 17.7 Å². The van der Waals surface area contributed by atoms with Crippen molar-refractivity contribution in [2.45, 2.75) is 26.4 Å². The zero-order valence-corrected chi connectivity index (χ0v) is 17.4. The van der Waals surface area contributed by atoms with Crippen LogP contribution in [-0.2, 0) is 16.1 Å². The molecule has 1 unspecified atom stereocenters. The van der Waals surface area contributed by atoms with Crippen molar-refractivity contribution in [1.82, 2.24) is 4.90 Å². The van der Waals surface area contributed by atoms with Crippen molar-refractivity contribution in [2.24, 2.45) is 0 Å². The fourth-order valence-corrected chi connectivity index (χ4v) is 4.30. The van der Waals surface area contributed by atoms with Gasteiger partial charge in [0, 0.05) is 4.88 Å². The largest absolute Gasteiger partial charge is 0.507 e. The van der Waals surface area contributed by atoms with Crippen molar-refractivity contribution in [1.29, 1.82) is 0 Å². The topological polar surface area (TPSA) is 80.0 Å². The van der Waals surface area contributed by atoms with E-state index >= 15 is 0 Å². The molecule has 3 heterocycles. The number of aliphatic hydroxyl groups is 1. The molecule has 0 saturated carbocycles. The molecule has 6 nitrogen and oxygen atoms in total. The predicted molar refractivity (Wildman–Crippen MR) is 113 cm³/mol. The van der Waals surface area contributed by atoms with E-state index in [-0.39, 0.29) is 17.9 Å². The summed E-state index contributed by atoms with van der Waals surface area (Å²) in [5.41, 5.74) is 0.361. The van der Waals surface area contributed by atoms with Gasteiger partial charge in [-0.25, -0.2) is 0 Å². The van der Waals surface area contributed by atoms with E-state index in [1.54, 1.807) is 43.3 Å². The number of ether oxygens (including phenoxy) is 1. The monoisotopic (exact) mass is 423 g/mol. The lowest BCUT2D eigenvalue weighted by Crippen LogP contribution is -2.28. The molecule has 4 rings (SSSR count). The number of ketones is 1. The molecule has 30 heavy (non-hydrogen) atoms. The number of rotatable bonds is 6. The molecule has 1 fully saturated rings. The number of benzene rings is 1. The molecule has 1 N–H and O–H groups in total. The van der Waals surface area contributed by atoms with Gasteiger partial charge in [-0.15, -0.1) is 11.3 Å². The molecule has 7 heteroatoms. The number of para-hydroxylation sites is 1. The summed E-state index contributed by atoms with van der Waals surface area (Å²) in [6, 6.07) is 13.4. The first-order valence-electron chi connectivity index (χ1n) is 9.60. The molecule has 1 aliphatic rings. The number of aliphatic hydroxyl groups excluding tert-OH is 1.